The van der Waals surface area contributed by atoms with Crippen LogP contribution >= 0.6 is 0 Å². The van der Waals surface area contributed by atoms with Crippen LogP contribution in [0.15, 0.2) is 24.3 Å². The van der Waals surface area contributed by atoms with Gasteiger partial charge in [0.05, 0.1) is 13.2 Å². The number of ether oxygens (including phenoxy) is 1. The van der Waals surface area contributed by atoms with Gasteiger partial charge in [0.25, 0.3) is 0 Å². The summed E-state index contributed by atoms with van der Waals surface area (Å²) in [4.78, 5) is 24.7. The van der Waals surface area contributed by atoms with Crippen molar-refractivity contribution in [3.05, 3.63) is 29.8 Å². The molecule has 1 aromatic carbocycles. The maximum Gasteiger partial charge on any atom is 0.243 e. The van der Waals surface area contributed by atoms with E-state index in [1.165, 1.54) is 38.5 Å². The molecule has 27 heavy (non-hydrogen) atoms. The van der Waals surface area contributed by atoms with Crippen LogP contribution in [-0.2, 0) is 20.9 Å². The van der Waals surface area contributed by atoms with E-state index in [0.29, 0.717) is 13.0 Å². The molecule has 0 aromatic heterocycles. The van der Waals surface area contributed by atoms with Crippen molar-refractivity contribution in [2.24, 2.45) is 23.2 Å². The molecule has 0 aliphatic heterocycles. The number of rotatable bonds is 7. The molecular formula is C22H30N2O3. The maximum atomic E-state index is 12.5. The highest BCUT2D eigenvalue weighted by Gasteiger charge is 2.51. The monoisotopic (exact) mass is 370 g/mol. The average molecular weight is 370 g/mol. The molecule has 0 radical (unpaired) electrons. The van der Waals surface area contributed by atoms with Gasteiger partial charge in [0.2, 0.25) is 11.8 Å². The SMILES string of the molecule is COCc1cccc(NC(=O)CNC(=O)CC23CC4CC(CC(C4)C2)C3)c1. The van der Waals surface area contributed by atoms with Crippen LogP contribution < -0.4 is 10.6 Å². The number of carbonyl (C=O) groups is 2. The molecule has 5 nitrogen and oxygen atoms in total. The van der Waals surface area contributed by atoms with Crippen LogP contribution in [0.2, 0.25) is 0 Å². The molecule has 4 bridgehead atoms. The molecule has 0 saturated heterocycles. The van der Waals surface area contributed by atoms with Crippen molar-refractivity contribution in [3.8, 4) is 0 Å². The summed E-state index contributed by atoms with van der Waals surface area (Å²) in [6.45, 7) is 0.533. The summed E-state index contributed by atoms with van der Waals surface area (Å²) in [5.41, 5.74) is 1.94. The summed E-state index contributed by atoms with van der Waals surface area (Å²) >= 11 is 0. The van der Waals surface area contributed by atoms with Gasteiger partial charge in [-0.3, -0.25) is 9.59 Å². The Morgan fingerprint density at radius 1 is 1.07 bits per heavy atom. The Morgan fingerprint density at radius 3 is 2.37 bits per heavy atom. The number of hydrogen-bond acceptors (Lipinski definition) is 3. The molecular weight excluding hydrogens is 340 g/mol. The fraction of sp³-hybridized carbons (Fsp3) is 0.636. The third-order valence-corrected chi connectivity index (χ3v) is 6.67. The van der Waals surface area contributed by atoms with Crippen LogP contribution in [-0.4, -0.2) is 25.5 Å². The van der Waals surface area contributed by atoms with E-state index >= 15 is 0 Å². The predicted molar refractivity (Wildman–Crippen MR) is 104 cm³/mol. The minimum atomic E-state index is -0.191. The third kappa shape index (κ3) is 4.34. The van der Waals surface area contributed by atoms with Gasteiger partial charge in [-0.15, -0.1) is 0 Å². The molecule has 0 spiro atoms. The second kappa shape index (κ2) is 7.63. The highest BCUT2D eigenvalue weighted by atomic mass is 16.5. The number of nitrogens with one attached hydrogen (secondary N) is 2. The van der Waals surface area contributed by atoms with Crippen molar-refractivity contribution in [1.29, 1.82) is 0 Å². The summed E-state index contributed by atoms with van der Waals surface area (Å²) in [6, 6.07) is 7.56. The number of anilines is 1. The lowest BCUT2D eigenvalue weighted by Gasteiger charge is -2.56. The van der Waals surface area contributed by atoms with E-state index in [1.54, 1.807) is 7.11 Å². The standard InChI is InChI=1S/C22H30N2O3/c1-27-14-15-3-2-4-19(8-15)24-21(26)13-23-20(25)12-22-9-16-5-17(10-22)7-18(6-16)11-22/h2-4,8,16-18H,5-7,9-14H2,1H3,(H,23,25)(H,24,26). The maximum absolute atomic E-state index is 12.5. The van der Waals surface area contributed by atoms with Gasteiger partial charge in [-0.05, 0) is 79.4 Å². The zero-order valence-corrected chi connectivity index (χ0v) is 16.1. The summed E-state index contributed by atoms with van der Waals surface area (Å²) in [5.74, 6) is 2.36. The van der Waals surface area contributed by atoms with Crippen LogP contribution in [0.1, 0.15) is 50.5 Å². The van der Waals surface area contributed by atoms with Crippen molar-refractivity contribution in [2.75, 3.05) is 19.0 Å². The summed E-state index contributed by atoms with van der Waals surface area (Å²) < 4.78 is 5.11. The Morgan fingerprint density at radius 2 is 1.74 bits per heavy atom. The highest BCUT2D eigenvalue weighted by molar-refractivity contribution is 5.94. The molecule has 0 atom stereocenters. The Kier molecular flexibility index (Phi) is 5.22. The third-order valence-electron chi connectivity index (χ3n) is 6.67. The molecule has 0 heterocycles. The first-order valence-corrected chi connectivity index (χ1v) is 10.2. The Bertz CT molecular complexity index is 680. The fourth-order valence-corrected chi connectivity index (χ4v) is 6.20. The predicted octanol–water partition coefficient (Wildman–Crippen LogP) is 3.49. The largest absolute Gasteiger partial charge is 0.380 e. The van der Waals surface area contributed by atoms with Crippen molar-refractivity contribution < 1.29 is 14.3 Å². The quantitative estimate of drug-likeness (QED) is 0.772. The van der Waals surface area contributed by atoms with E-state index in [-0.39, 0.29) is 23.8 Å². The van der Waals surface area contributed by atoms with Gasteiger partial charge in [0, 0.05) is 19.2 Å². The van der Waals surface area contributed by atoms with Gasteiger partial charge in [-0.2, -0.15) is 0 Å². The van der Waals surface area contributed by atoms with Gasteiger partial charge >= 0.3 is 0 Å². The van der Waals surface area contributed by atoms with Crippen molar-refractivity contribution in [1.82, 2.24) is 5.32 Å². The van der Waals surface area contributed by atoms with E-state index in [1.807, 2.05) is 24.3 Å². The zero-order chi connectivity index (χ0) is 18.9. The molecule has 146 valence electrons. The van der Waals surface area contributed by atoms with E-state index in [2.05, 4.69) is 10.6 Å². The summed E-state index contributed by atoms with van der Waals surface area (Å²) in [6.07, 6.45) is 8.37. The number of methoxy groups -OCH3 is 1. The summed E-state index contributed by atoms with van der Waals surface area (Å²) in [5, 5.41) is 5.69. The highest BCUT2D eigenvalue weighted by Crippen LogP contribution is 2.61. The minimum absolute atomic E-state index is 0.0275. The Labute approximate surface area is 161 Å². The first-order chi connectivity index (χ1) is 13.0. The van der Waals surface area contributed by atoms with Gasteiger partial charge in [-0.25, -0.2) is 0 Å². The fourth-order valence-electron chi connectivity index (χ4n) is 6.20. The lowest BCUT2D eigenvalue weighted by Crippen LogP contribution is -2.48. The summed E-state index contributed by atoms with van der Waals surface area (Å²) in [7, 11) is 1.64. The lowest BCUT2D eigenvalue weighted by atomic mass is 9.49. The smallest absolute Gasteiger partial charge is 0.243 e. The van der Waals surface area contributed by atoms with Gasteiger partial charge in [0.1, 0.15) is 0 Å². The molecule has 2 amide bonds. The van der Waals surface area contributed by atoms with Crippen molar-refractivity contribution in [3.63, 3.8) is 0 Å². The molecule has 5 heteroatoms. The van der Waals surface area contributed by atoms with E-state index < -0.39 is 0 Å². The van der Waals surface area contributed by atoms with E-state index in [9.17, 15) is 9.59 Å². The number of carbonyl (C=O) groups excluding carboxylic acids is 2. The first kappa shape index (κ1) is 18.5. The van der Waals surface area contributed by atoms with Crippen molar-refractivity contribution >= 4 is 17.5 Å². The van der Waals surface area contributed by atoms with Crippen LogP contribution in [0.5, 0.6) is 0 Å². The number of amides is 2. The number of hydrogen-bond donors (Lipinski definition) is 2. The van der Waals surface area contributed by atoms with Gasteiger partial charge in [-0.1, -0.05) is 12.1 Å². The normalized spacial score (nSPS) is 30.9. The topological polar surface area (TPSA) is 67.4 Å². The van der Waals surface area contributed by atoms with Crippen LogP contribution in [0.3, 0.4) is 0 Å². The molecule has 1 aromatic rings. The molecule has 2 N–H and O–H groups in total. The Balaban J connectivity index is 1.26. The Hall–Kier alpha value is -1.88. The van der Waals surface area contributed by atoms with Crippen LogP contribution in [0.25, 0.3) is 0 Å². The average Bonchev–Trinajstić information content (AvgIpc) is 2.59. The molecule has 4 aliphatic rings. The molecule has 4 aliphatic carbocycles. The molecule has 0 unspecified atom stereocenters. The zero-order valence-electron chi connectivity index (χ0n) is 16.1. The van der Waals surface area contributed by atoms with Crippen LogP contribution in [0.4, 0.5) is 5.69 Å². The van der Waals surface area contributed by atoms with Crippen molar-refractivity contribution in [2.45, 2.75) is 51.6 Å². The van der Waals surface area contributed by atoms with E-state index in [0.717, 1.165) is 29.0 Å². The molecule has 4 saturated carbocycles. The van der Waals surface area contributed by atoms with Gasteiger partial charge in [0.15, 0.2) is 0 Å². The number of benzene rings is 1. The second-order valence-corrected chi connectivity index (χ2v) is 9.05. The van der Waals surface area contributed by atoms with Gasteiger partial charge < -0.3 is 15.4 Å². The lowest BCUT2D eigenvalue weighted by molar-refractivity contribution is -0.131. The molecule has 4 fully saturated rings. The minimum Gasteiger partial charge on any atom is -0.380 e. The van der Waals surface area contributed by atoms with E-state index in [4.69, 9.17) is 4.74 Å². The second-order valence-electron chi connectivity index (χ2n) is 9.05. The molecule has 5 rings (SSSR count). The van der Waals surface area contributed by atoms with Crippen LogP contribution in [0, 0.1) is 23.2 Å². The first-order valence-electron chi connectivity index (χ1n) is 10.2.